The van der Waals surface area contributed by atoms with Crippen molar-refractivity contribution in [2.75, 3.05) is 0 Å². The van der Waals surface area contributed by atoms with Crippen LogP contribution in [0.25, 0.3) is 61.4 Å². The maximum Gasteiger partial charge on any atom is 0.155 e. The van der Waals surface area contributed by atoms with Gasteiger partial charge in [0.1, 0.15) is 5.58 Å². The number of hydrogen-bond donors (Lipinski definition) is 0. The van der Waals surface area contributed by atoms with Crippen molar-refractivity contribution < 1.29 is 33.0 Å². The fourth-order valence-corrected chi connectivity index (χ4v) is 6.75. The third-order valence-corrected chi connectivity index (χ3v) is 9.65. The van der Waals surface area contributed by atoms with E-state index in [1.54, 1.807) is 12.3 Å². The first-order chi connectivity index (χ1) is 26.5. The molecule has 277 valence electrons. The Hall–Kier alpha value is -4.97. The van der Waals surface area contributed by atoms with Crippen molar-refractivity contribution in [2.45, 2.75) is 79.5 Å². The predicted octanol–water partition coefficient (Wildman–Crippen LogP) is 12.6. The van der Waals surface area contributed by atoms with Crippen molar-refractivity contribution in [3.63, 3.8) is 0 Å². The van der Waals surface area contributed by atoms with E-state index in [0.29, 0.717) is 17.5 Å². The molecule has 0 fully saturated rings. The summed E-state index contributed by atoms with van der Waals surface area (Å²) in [6.45, 7) is 14.9. The minimum absolute atomic E-state index is 0. The van der Waals surface area contributed by atoms with Gasteiger partial charge in [-0.2, -0.15) is 0 Å². The summed E-state index contributed by atoms with van der Waals surface area (Å²) in [6, 6.07) is 33.0. The minimum Gasteiger partial charge on any atom is -0.501 e. The summed E-state index contributed by atoms with van der Waals surface area (Å²) in [5.74, 6) is 0.857. The van der Waals surface area contributed by atoms with Crippen LogP contribution in [-0.2, 0) is 25.5 Å². The van der Waals surface area contributed by atoms with Crippen molar-refractivity contribution in [1.29, 1.82) is 0 Å². The summed E-state index contributed by atoms with van der Waals surface area (Å²) in [7, 11) is 0. The van der Waals surface area contributed by atoms with Crippen LogP contribution in [0.3, 0.4) is 0 Å². The molecule has 0 amide bonds. The zero-order valence-electron chi connectivity index (χ0n) is 34.8. The van der Waals surface area contributed by atoms with Crippen LogP contribution in [0.2, 0.25) is 0 Å². The second kappa shape index (κ2) is 15.4. The van der Waals surface area contributed by atoms with E-state index in [9.17, 15) is 4.39 Å². The number of nitrogens with zero attached hydrogens (tertiary/aromatic N) is 4. The van der Waals surface area contributed by atoms with Crippen LogP contribution >= 0.6 is 0 Å². The van der Waals surface area contributed by atoms with Crippen molar-refractivity contribution in [3.05, 3.63) is 143 Å². The standard InChI is InChI=1S/C31H28N3O.C16H17FN.Ir/c1-18(2)21-11-8-12-22(19(3)4)28(21)34-30(33-27-20(5)16-17-32-31(27)34)25-14-9-13-24-23-10-6-7-15-26(23)35-29(24)25;1-11-5-7-13(14(17)9-11)15-8-6-12(10-18-15)16(2,3)4;/h6-13,15-19H,1-5H3;5-6,8-10H,1-4H3;/q2*-1;/i;1D3;. The molecule has 0 atom stereocenters. The first kappa shape index (κ1) is 34.8. The normalized spacial score (nSPS) is 12.8. The summed E-state index contributed by atoms with van der Waals surface area (Å²) in [6.07, 6.45) is 3.58. The maximum absolute atomic E-state index is 14.1. The number of imidazole rings is 1. The van der Waals surface area contributed by atoms with Crippen LogP contribution < -0.4 is 0 Å². The number of fused-ring (bicyclic) bond motifs is 4. The van der Waals surface area contributed by atoms with E-state index in [4.69, 9.17) is 18.5 Å². The Balaban J connectivity index is 0.000000215. The van der Waals surface area contributed by atoms with Gasteiger partial charge in [-0.15, -0.1) is 42.0 Å². The Kier molecular flexibility index (Phi) is 9.92. The molecule has 4 aromatic carbocycles. The van der Waals surface area contributed by atoms with Crippen LogP contribution in [-0.4, -0.2) is 19.5 Å². The number of para-hydroxylation sites is 2. The molecule has 8 aromatic rings. The molecular formula is C47H45FIrN4O-2. The van der Waals surface area contributed by atoms with Crippen molar-refractivity contribution in [1.82, 2.24) is 19.5 Å². The smallest absolute Gasteiger partial charge is 0.155 e. The molecule has 4 aromatic heterocycles. The fraction of sp³-hybridized carbons (Fsp3) is 0.255. The molecule has 0 aliphatic rings. The number of aromatic nitrogens is 4. The summed E-state index contributed by atoms with van der Waals surface area (Å²) < 4.78 is 44.5. The molecule has 54 heavy (non-hydrogen) atoms. The quantitative estimate of drug-likeness (QED) is 0.162. The van der Waals surface area contributed by atoms with Gasteiger partial charge in [-0.3, -0.25) is 9.37 Å². The molecule has 0 saturated carbocycles. The summed E-state index contributed by atoms with van der Waals surface area (Å²) in [5, 5.41) is 2.17. The van der Waals surface area contributed by atoms with Gasteiger partial charge in [0.2, 0.25) is 0 Å². The van der Waals surface area contributed by atoms with Crippen LogP contribution in [0.15, 0.2) is 102 Å². The summed E-state index contributed by atoms with van der Waals surface area (Å²) in [5.41, 5.74) is 10.7. The topological polar surface area (TPSA) is 56.7 Å². The van der Waals surface area contributed by atoms with Crippen LogP contribution in [0.4, 0.5) is 4.39 Å². The zero-order valence-corrected chi connectivity index (χ0v) is 34.2. The number of rotatable bonds is 5. The first-order valence-electron chi connectivity index (χ1n) is 19.5. The Bertz CT molecular complexity index is 2680. The predicted molar refractivity (Wildman–Crippen MR) is 215 cm³/mol. The third-order valence-electron chi connectivity index (χ3n) is 9.65. The number of halogens is 1. The molecule has 0 bridgehead atoms. The van der Waals surface area contributed by atoms with E-state index in [1.807, 2.05) is 42.6 Å². The molecule has 0 aliphatic carbocycles. The van der Waals surface area contributed by atoms with Crippen LogP contribution in [0, 0.1) is 31.7 Å². The first-order valence-corrected chi connectivity index (χ1v) is 18.0. The van der Waals surface area contributed by atoms with E-state index in [2.05, 4.69) is 107 Å². The van der Waals surface area contributed by atoms with Crippen molar-refractivity contribution in [2.24, 2.45) is 0 Å². The van der Waals surface area contributed by atoms with Gasteiger partial charge < -0.3 is 14.0 Å². The Labute approximate surface area is 335 Å². The fourth-order valence-electron chi connectivity index (χ4n) is 6.75. The monoisotopic (exact) mass is 896 g/mol. The second-order valence-corrected chi connectivity index (χ2v) is 15.2. The molecule has 0 unspecified atom stereocenters. The van der Waals surface area contributed by atoms with E-state index in [1.165, 1.54) is 17.2 Å². The van der Waals surface area contributed by atoms with Crippen LogP contribution in [0.5, 0.6) is 0 Å². The molecule has 0 N–H and O–H groups in total. The average molecular weight is 896 g/mol. The van der Waals surface area contributed by atoms with E-state index < -0.39 is 12.7 Å². The van der Waals surface area contributed by atoms with Gasteiger partial charge in [-0.1, -0.05) is 120 Å². The van der Waals surface area contributed by atoms with Crippen LogP contribution in [0.1, 0.15) is 92.2 Å². The van der Waals surface area contributed by atoms with Gasteiger partial charge in [0, 0.05) is 53.5 Å². The summed E-state index contributed by atoms with van der Waals surface area (Å²) in [4.78, 5) is 14.3. The zero-order chi connectivity index (χ0) is 40.1. The second-order valence-electron chi connectivity index (χ2n) is 15.2. The Morgan fingerprint density at radius 2 is 1.59 bits per heavy atom. The van der Waals surface area contributed by atoms with E-state index in [0.717, 1.165) is 67.4 Å². The van der Waals surface area contributed by atoms with E-state index >= 15 is 0 Å². The molecular weight excluding hydrogens is 848 g/mol. The largest absolute Gasteiger partial charge is 0.501 e. The number of pyridine rings is 2. The van der Waals surface area contributed by atoms with Gasteiger partial charge in [0.05, 0.1) is 16.9 Å². The van der Waals surface area contributed by atoms with E-state index in [-0.39, 0.29) is 36.6 Å². The third kappa shape index (κ3) is 7.28. The minimum atomic E-state index is -2.33. The average Bonchev–Trinajstić information content (AvgIpc) is 3.74. The number of benzene rings is 4. The van der Waals surface area contributed by atoms with Crippen molar-refractivity contribution >= 4 is 33.1 Å². The SMILES string of the molecule is Cc1ccnc2c1nc(-c1[c-]ccc3c1oc1ccccc13)n2-c1c(C(C)C)cccc1C(C)C.[2H]C([2H])([2H])c1c[c-]c(-c2ccc(C(C)(C)C)cn2)c(F)c1.[Ir]. The Morgan fingerprint density at radius 3 is 2.24 bits per heavy atom. The van der Waals surface area contributed by atoms with Gasteiger partial charge in [-0.05, 0) is 64.3 Å². The summed E-state index contributed by atoms with van der Waals surface area (Å²) >= 11 is 0. The number of furan rings is 1. The molecule has 0 spiro atoms. The van der Waals surface area contributed by atoms with Gasteiger partial charge in [0.25, 0.3) is 0 Å². The van der Waals surface area contributed by atoms with Gasteiger partial charge >= 0.3 is 0 Å². The molecule has 8 rings (SSSR count). The maximum atomic E-state index is 14.1. The van der Waals surface area contributed by atoms with Gasteiger partial charge in [0.15, 0.2) is 5.65 Å². The molecule has 0 saturated heterocycles. The Morgan fingerprint density at radius 1 is 0.852 bits per heavy atom. The number of hydrogen-bond acceptors (Lipinski definition) is 4. The number of aryl methyl sites for hydroxylation is 2. The molecule has 7 heteroatoms. The molecule has 4 heterocycles. The van der Waals surface area contributed by atoms with Gasteiger partial charge in [-0.25, -0.2) is 4.98 Å². The van der Waals surface area contributed by atoms with Crippen molar-refractivity contribution in [3.8, 4) is 28.3 Å². The molecule has 1 radical (unpaired) electrons. The molecule has 5 nitrogen and oxygen atoms in total. The molecule has 0 aliphatic heterocycles.